The van der Waals surface area contributed by atoms with Crippen LogP contribution in [0.25, 0.3) is 0 Å². The van der Waals surface area contributed by atoms with Gasteiger partial charge in [-0.2, -0.15) is 0 Å². The summed E-state index contributed by atoms with van der Waals surface area (Å²) in [6.07, 6.45) is 5.31. The highest BCUT2D eigenvalue weighted by molar-refractivity contribution is 4.86. The molecule has 0 spiro atoms. The average molecular weight is 185 g/mol. The van der Waals surface area contributed by atoms with Crippen LogP contribution >= 0.6 is 0 Å². The van der Waals surface area contributed by atoms with Crippen molar-refractivity contribution >= 4 is 0 Å². The molecule has 0 aromatic rings. The number of aliphatic hydroxyl groups is 1. The second-order valence-corrected chi connectivity index (χ2v) is 4.93. The lowest BCUT2D eigenvalue weighted by Gasteiger charge is -2.37. The van der Waals surface area contributed by atoms with E-state index < -0.39 is 5.60 Å². The molecule has 0 heterocycles. The van der Waals surface area contributed by atoms with Gasteiger partial charge < -0.3 is 5.11 Å². The monoisotopic (exact) mass is 185 g/mol. The summed E-state index contributed by atoms with van der Waals surface area (Å²) in [7, 11) is 2.14. The summed E-state index contributed by atoms with van der Waals surface area (Å²) in [5, 5.41) is 9.88. The van der Waals surface area contributed by atoms with E-state index in [1.165, 1.54) is 25.7 Å². The van der Waals surface area contributed by atoms with Gasteiger partial charge in [0.2, 0.25) is 0 Å². The van der Waals surface area contributed by atoms with Crippen molar-refractivity contribution in [3.63, 3.8) is 0 Å². The molecular formula is C11H23NO. The minimum Gasteiger partial charge on any atom is -0.389 e. The van der Waals surface area contributed by atoms with Gasteiger partial charge in [0.05, 0.1) is 5.60 Å². The molecule has 0 radical (unpaired) electrons. The molecule has 1 aliphatic carbocycles. The zero-order valence-corrected chi connectivity index (χ0v) is 9.38. The maximum absolute atomic E-state index is 9.88. The van der Waals surface area contributed by atoms with E-state index in [9.17, 15) is 5.11 Å². The van der Waals surface area contributed by atoms with Gasteiger partial charge in [-0.25, -0.2) is 0 Å². The van der Waals surface area contributed by atoms with Crippen LogP contribution in [-0.2, 0) is 0 Å². The minimum atomic E-state index is -0.586. The van der Waals surface area contributed by atoms with Crippen molar-refractivity contribution < 1.29 is 5.11 Å². The molecule has 1 unspecified atom stereocenters. The maximum Gasteiger partial charge on any atom is 0.0743 e. The standard InChI is InChI=1S/C11H23NO/c1-9(11(2,3)13)12(4)10-7-5-6-8-10/h9-10,13H,5-8H2,1-4H3. The van der Waals surface area contributed by atoms with Crippen LogP contribution in [0.1, 0.15) is 46.5 Å². The first kappa shape index (κ1) is 11.0. The largest absolute Gasteiger partial charge is 0.389 e. The molecule has 1 atom stereocenters. The Morgan fingerprint density at radius 2 is 1.77 bits per heavy atom. The average Bonchev–Trinajstić information content (AvgIpc) is 2.51. The fraction of sp³-hybridized carbons (Fsp3) is 1.00. The van der Waals surface area contributed by atoms with Crippen molar-refractivity contribution in [2.75, 3.05) is 7.05 Å². The van der Waals surface area contributed by atoms with Gasteiger partial charge in [-0.05, 0) is 40.7 Å². The first-order valence-corrected chi connectivity index (χ1v) is 5.37. The Kier molecular flexibility index (Phi) is 3.36. The third kappa shape index (κ3) is 2.68. The fourth-order valence-electron chi connectivity index (χ4n) is 2.13. The van der Waals surface area contributed by atoms with E-state index in [0.29, 0.717) is 6.04 Å². The molecule has 0 saturated heterocycles. The Morgan fingerprint density at radius 3 is 2.15 bits per heavy atom. The van der Waals surface area contributed by atoms with Crippen LogP contribution < -0.4 is 0 Å². The maximum atomic E-state index is 9.88. The highest BCUT2D eigenvalue weighted by Crippen LogP contribution is 2.26. The van der Waals surface area contributed by atoms with E-state index in [-0.39, 0.29) is 6.04 Å². The number of likely N-dealkylation sites (N-methyl/N-ethyl adjacent to an activating group) is 1. The van der Waals surface area contributed by atoms with Crippen molar-refractivity contribution in [3.8, 4) is 0 Å². The lowest BCUT2D eigenvalue weighted by Crippen LogP contribution is -2.49. The van der Waals surface area contributed by atoms with Crippen molar-refractivity contribution in [3.05, 3.63) is 0 Å². The van der Waals surface area contributed by atoms with Gasteiger partial charge in [0.1, 0.15) is 0 Å². The number of nitrogens with zero attached hydrogens (tertiary/aromatic N) is 1. The van der Waals surface area contributed by atoms with Crippen LogP contribution in [0.4, 0.5) is 0 Å². The Morgan fingerprint density at radius 1 is 1.31 bits per heavy atom. The zero-order valence-electron chi connectivity index (χ0n) is 9.38. The summed E-state index contributed by atoms with van der Waals surface area (Å²) < 4.78 is 0. The molecule has 0 aromatic heterocycles. The Labute approximate surface area is 81.9 Å². The van der Waals surface area contributed by atoms with E-state index in [2.05, 4.69) is 18.9 Å². The molecule has 0 aliphatic heterocycles. The van der Waals surface area contributed by atoms with E-state index in [1.807, 2.05) is 13.8 Å². The molecule has 78 valence electrons. The third-order valence-corrected chi connectivity index (χ3v) is 3.53. The molecule has 0 aromatic carbocycles. The predicted molar refractivity (Wildman–Crippen MR) is 55.8 cm³/mol. The molecule has 0 bridgehead atoms. The second kappa shape index (κ2) is 3.97. The zero-order chi connectivity index (χ0) is 10.1. The first-order valence-electron chi connectivity index (χ1n) is 5.37. The molecular weight excluding hydrogens is 162 g/mol. The predicted octanol–water partition coefficient (Wildman–Crippen LogP) is 2.02. The topological polar surface area (TPSA) is 23.5 Å². The van der Waals surface area contributed by atoms with Gasteiger partial charge in [0.25, 0.3) is 0 Å². The summed E-state index contributed by atoms with van der Waals surface area (Å²) in [5.74, 6) is 0. The molecule has 13 heavy (non-hydrogen) atoms. The van der Waals surface area contributed by atoms with Gasteiger partial charge in [0.15, 0.2) is 0 Å². The number of rotatable bonds is 3. The third-order valence-electron chi connectivity index (χ3n) is 3.53. The Bertz CT molecular complexity index is 156. The van der Waals surface area contributed by atoms with Crippen molar-refractivity contribution in [2.45, 2.75) is 64.1 Å². The van der Waals surface area contributed by atoms with Crippen LogP contribution in [0, 0.1) is 0 Å². The summed E-state index contributed by atoms with van der Waals surface area (Å²) >= 11 is 0. The van der Waals surface area contributed by atoms with E-state index >= 15 is 0 Å². The lowest BCUT2D eigenvalue weighted by atomic mass is 9.98. The molecule has 2 heteroatoms. The first-order chi connectivity index (χ1) is 5.93. The highest BCUT2D eigenvalue weighted by atomic mass is 16.3. The molecule has 1 aliphatic rings. The molecule has 1 rings (SSSR count). The van der Waals surface area contributed by atoms with Crippen LogP contribution in [0.5, 0.6) is 0 Å². The van der Waals surface area contributed by atoms with Crippen LogP contribution in [-0.4, -0.2) is 34.7 Å². The number of hydrogen-bond donors (Lipinski definition) is 1. The number of hydrogen-bond acceptors (Lipinski definition) is 2. The Balaban J connectivity index is 2.50. The van der Waals surface area contributed by atoms with Crippen molar-refractivity contribution in [1.29, 1.82) is 0 Å². The van der Waals surface area contributed by atoms with Gasteiger partial charge in [-0.3, -0.25) is 4.90 Å². The summed E-state index contributed by atoms with van der Waals surface area (Å²) in [5.41, 5.74) is -0.586. The fourth-order valence-corrected chi connectivity index (χ4v) is 2.13. The lowest BCUT2D eigenvalue weighted by molar-refractivity contribution is -0.0161. The van der Waals surface area contributed by atoms with E-state index in [0.717, 1.165) is 0 Å². The molecule has 1 fully saturated rings. The van der Waals surface area contributed by atoms with Gasteiger partial charge in [-0.1, -0.05) is 12.8 Å². The van der Waals surface area contributed by atoms with Crippen molar-refractivity contribution in [1.82, 2.24) is 4.90 Å². The quantitative estimate of drug-likeness (QED) is 0.727. The van der Waals surface area contributed by atoms with Gasteiger partial charge in [-0.15, -0.1) is 0 Å². The van der Waals surface area contributed by atoms with Crippen molar-refractivity contribution in [2.24, 2.45) is 0 Å². The van der Waals surface area contributed by atoms with Crippen LogP contribution in [0.2, 0.25) is 0 Å². The minimum absolute atomic E-state index is 0.246. The molecule has 1 saturated carbocycles. The van der Waals surface area contributed by atoms with Gasteiger partial charge >= 0.3 is 0 Å². The van der Waals surface area contributed by atoms with Crippen LogP contribution in [0.3, 0.4) is 0 Å². The molecule has 0 amide bonds. The summed E-state index contributed by atoms with van der Waals surface area (Å²) in [4.78, 5) is 2.34. The molecule has 1 N–H and O–H groups in total. The van der Waals surface area contributed by atoms with E-state index in [4.69, 9.17) is 0 Å². The van der Waals surface area contributed by atoms with Crippen LogP contribution in [0.15, 0.2) is 0 Å². The second-order valence-electron chi connectivity index (χ2n) is 4.93. The smallest absolute Gasteiger partial charge is 0.0743 e. The summed E-state index contributed by atoms with van der Waals surface area (Å²) in [6, 6.07) is 0.942. The summed E-state index contributed by atoms with van der Waals surface area (Å²) in [6.45, 7) is 5.89. The van der Waals surface area contributed by atoms with Gasteiger partial charge in [0, 0.05) is 12.1 Å². The molecule has 2 nitrogen and oxygen atoms in total. The normalized spacial score (nSPS) is 22.6. The highest BCUT2D eigenvalue weighted by Gasteiger charge is 2.31. The SMILES string of the molecule is CC(N(C)C1CCCC1)C(C)(C)O. The van der Waals surface area contributed by atoms with E-state index in [1.54, 1.807) is 0 Å². The Hall–Kier alpha value is -0.0800.